The molecule has 2 amide bonds. The summed E-state index contributed by atoms with van der Waals surface area (Å²) >= 11 is 0. The number of rotatable bonds is 5. The average molecular weight is 363 g/mol. The predicted molar refractivity (Wildman–Crippen MR) is 107 cm³/mol. The number of hydrogen-bond donors (Lipinski definition) is 1. The fraction of sp³-hybridized carbons (Fsp3) is 0.364. The number of benzene rings is 2. The van der Waals surface area contributed by atoms with Gasteiger partial charge in [0.05, 0.1) is 6.54 Å². The number of fused-ring (bicyclic) bond motifs is 1. The Morgan fingerprint density at radius 3 is 2.67 bits per heavy atom. The van der Waals surface area contributed by atoms with Gasteiger partial charge in [-0.15, -0.1) is 0 Å². The molecule has 4 rings (SSSR count). The van der Waals surface area contributed by atoms with Crippen molar-refractivity contribution in [3.05, 3.63) is 59.7 Å². The second-order valence-electron chi connectivity index (χ2n) is 7.41. The van der Waals surface area contributed by atoms with E-state index in [0.29, 0.717) is 19.0 Å². The Balaban J connectivity index is 1.35. The fourth-order valence-electron chi connectivity index (χ4n) is 4.18. The largest absolute Gasteiger partial charge is 0.325 e. The Morgan fingerprint density at radius 1 is 1.15 bits per heavy atom. The van der Waals surface area contributed by atoms with Crippen LogP contribution in [0.2, 0.25) is 0 Å². The number of likely N-dealkylation sites (N-methyl/N-ethyl adjacent to an activating group) is 1. The maximum Gasteiger partial charge on any atom is 0.238 e. The maximum atomic E-state index is 12.5. The monoisotopic (exact) mass is 363 g/mol. The lowest BCUT2D eigenvalue weighted by atomic mass is 10.1. The molecule has 1 N–H and O–H groups in total. The molecule has 5 heteroatoms. The molecule has 0 saturated carbocycles. The predicted octanol–water partition coefficient (Wildman–Crippen LogP) is 3.37. The van der Waals surface area contributed by atoms with Crippen molar-refractivity contribution in [1.29, 1.82) is 0 Å². The van der Waals surface area contributed by atoms with Crippen LogP contribution in [0.1, 0.15) is 36.4 Å². The zero-order chi connectivity index (χ0) is 18.8. The topological polar surface area (TPSA) is 52.7 Å². The molecule has 1 unspecified atom stereocenters. The van der Waals surface area contributed by atoms with Crippen LogP contribution in [0.3, 0.4) is 0 Å². The highest BCUT2D eigenvalue weighted by atomic mass is 16.2. The van der Waals surface area contributed by atoms with E-state index >= 15 is 0 Å². The molecule has 2 aromatic rings. The molecule has 0 aromatic heterocycles. The van der Waals surface area contributed by atoms with Crippen LogP contribution in [-0.2, 0) is 16.0 Å². The van der Waals surface area contributed by atoms with Crippen molar-refractivity contribution in [2.24, 2.45) is 0 Å². The molecular weight excluding hydrogens is 338 g/mol. The summed E-state index contributed by atoms with van der Waals surface area (Å²) in [4.78, 5) is 28.2. The molecule has 0 bridgehead atoms. The number of anilines is 2. The molecule has 2 aromatic carbocycles. The first kappa shape index (κ1) is 17.7. The lowest BCUT2D eigenvalue weighted by Gasteiger charge is -2.24. The number of amides is 2. The van der Waals surface area contributed by atoms with Gasteiger partial charge in [0.2, 0.25) is 11.8 Å². The standard InChI is InChI=1S/C22H25N3O2/c1-24(20-13-8-16-5-2-3-6-19(16)20)15-21(26)23-17-9-11-18(12-10-17)25-14-4-7-22(25)27/h2-3,5-6,9-12,20H,4,7-8,13-15H2,1H3,(H,23,26). The Bertz CT molecular complexity index is 847. The second kappa shape index (κ2) is 7.53. The number of aryl methyl sites for hydroxylation is 1. The van der Waals surface area contributed by atoms with Gasteiger partial charge in [0.25, 0.3) is 0 Å². The number of hydrogen-bond acceptors (Lipinski definition) is 3. The van der Waals surface area contributed by atoms with Gasteiger partial charge in [0, 0.05) is 30.4 Å². The van der Waals surface area contributed by atoms with Gasteiger partial charge in [0.1, 0.15) is 0 Å². The average Bonchev–Trinajstić information content (AvgIpc) is 3.28. The van der Waals surface area contributed by atoms with Crippen LogP contribution in [0.5, 0.6) is 0 Å². The highest BCUT2D eigenvalue weighted by Gasteiger charge is 2.26. The van der Waals surface area contributed by atoms with E-state index in [2.05, 4.69) is 34.5 Å². The normalized spacial score (nSPS) is 18.8. The smallest absolute Gasteiger partial charge is 0.238 e. The summed E-state index contributed by atoms with van der Waals surface area (Å²) in [7, 11) is 2.01. The van der Waals surface area contributed by atoms with Crippen molar-refractivity contribution >= 4 is 23.2 Å². The minimum absolute atomic E-state index is 0.0214. The van der Waals surface area contributed by atoms with Gasteiger partial charge in [0.15, 0.2) is 0 Å². The van der Waals surface area contributed by atoms with E-state index in [1.165, 1.54) is 11.1 Å². The number of nitrogens with one attached hydrogen (secondary N) is 1. The first-order chi connectivity index (χ1) is 13.1. The SMILES string of the molecule is CN(CC(=O)Nc1ccc(N2CCCC2=O)cc1)C1CCc2ccccc21. The molecule has 1 heterocycles. The van der Waals surface area contributed by atoms with Crippen LogP contribution < -0.4 is 10.2 Å². The summed E-state index contributed by atoms with van der Waals surface area (Å²) < 4.78 is 0. The fourth-order valence-corrected chi connectivity index (χ4v) is 4.18. The van der Waals surface area contributed by atoms with Crippen LogP contribution >= 0.6 is 0 Å². The molecular formula is C22H25N3O2. The maximum absolute atomic E-state index is 12.5. The van der Waals surface area contributed by atoms with E-state index in [4.69, 9.17) is 0 Å². The number of nitrogens with zero attached hydrogens (tertiary/aromatic N) is 2. The highest BCUT2D eigenvalue weighted by molar-refractivity contribution is 5.96. The Kier molecular flexibility index (Phi) is 4.94. The zero-order valence-electron chi connectivity index (χ0n) is 15.6. The van der Waals surface area contributed by atoms with Gasteiger partial charge in [-0.3, -0.25) is 14.5 Å². The van der Waals surface area contributed by atoms with Crippen molar-refractivity contribution in [3.63, 3.8) is 0 Å². The van der Waals surface area contributed by atoms with E-state index in [0.717, 1.165) is 37.2 Å². The lowest BCUT2D eigenvalue weighted by molar-refractivity contribution is -0.118. The summed E-state index contributed by atoms with van der Waals surface area (Å²) in [6, 6.07) is 16.3. The molecule has 0 spiro atoms. The molecule has 1 fully saturated rings. The quantitative estimate of drug-likeness (QED) is 0.886. The minimum Gasteiger partial charge on any atom is -0.325 e. The summed E-state index contributed by atoms with van der Waals surface area (Å²) in [5.41, 5.74) is 4.39. The summed E-state index contributed by atoms with van der Waals surface area (Å²) in [6.45, 7) is 1.13. The number of carbonyl (C=O) groups excluding carboxylic acids is 2. The van der Waals surface area contributed by atoms with E-state index < -0.39 is 0 Å². The van der Waals surface area contributed by atoms with Crippen LogP contribution in [0.15, 0.2) is 48.5 Å². The summed E-state index contributed by atoms with van der Waals surface area (Å²) in [6.07, 6.45) is 3.66. The van der Waals surface area contributed by atoms with E-state index in [1.807, 2.05) is 31.3 Å². The molecule has 1 atom stereocenters. The Hall–Kier alpha value is -2.66. The van der Waals surface area contributed by atoms with Crippen LogP contribution in [0.4, 0.5) is 11.4 Å². The van der Waals surface area contributed by atoms with Crippen molar-refractivity contribution in [3.8, 4) is 0 Å². The van der Waals surface area contributed by atoms with E-state index in [-0.39, 0.29) is 11.8 Å². The van der Waals surface area contributed by atoms with E-state index in [9.17, 15) is 9.59 Å². The molecule has 1 aliphatic carbocycles. The third-order valence-electron chi connectivity index (χ3n) is 5.56. The molecule has 1 saturated heterocycles. The molecule has 140 valence electrons. The van der Waals surface area contributed by atoms with E-state index in [1.54, 1.807) is 4.90 Å². The van der Waals surface area contributed by atoms with Gasteiger partial charge in [-0.1, -0.05) is 24.3 Å². The van der Waals surface area contributed by atoms with Crippen LogP contribution in [-0.4, -0.2) is 36.9 Å². The molecule has 0 radical (unpaired) electrons. The van der Waals surface area contributed by atoms with Gasteiger partial charge >= 0.3 is 0 Å². The van der Waals surface area contributed by atoms with Gasteiger partial charge < -0.3 is 10.2 Å². The van der Waals surface area contributed by atoms with Crippen LogP contribution in [0, 0.1) is 0 Å². The zero-order valence-corrected chi connectivity index (χ0v) is 15.6. The lowest BCUT2D eigenvalue weighted by Crippen LogP contribution is -2.32. The van der Waals surface area contributed by atoms with Crippen LogP contribution in [0.25, 0.3) is 0 Å². The highest BCUT2D eigenvalue weighted by Crippen LogP contribution is 2.34. The molecule has 5 nitrogen and oxygen atoms in total. The third kappa shape index (κ3) is 3.74. The van der Waals surface area contributed by atoms with Crippen molar-refractivity contribution in [2.45, 2.75) is 31.7 Å². The minimum atomic E-state index is -0.0214. The first-order valence-corrected chi connectivity index (χ1v) is 9.60. The van der Waals surface area contributed by atoms with Crippen molar-refractivity contribution in [2.75, 3.05) is 30.4 Å². The third-order valence-corrected chi connectivity index (χ3v) is 5.56. The summed E-state index contributed by atoms with van der Waals surface area (Å²) in [5, 5.41) is 2.97. The molecule has 27 heavy (non-hydrogen) atoms. The second-order valence-corrected chi connectivity index (χ2v) is 7.41. The Labute approximate surface area is 160 Å². The first-order valence-electron chi connectivity index (χ1n) is 9.60. The van der Waals surface area contributed by atoms with Crippen molar-refractivity contribution < 1.29 is 9.59 Å². The van der Waals surface area contributed by atoms with Gasteiger partial charge in [-0.25, -0.2) is 0 Å². The molecule has 1 aliphatic heterocycles. The number of carbonyl (C=O) groups is 2. The summed E-state index contributed by atoms with van der Waals surface area (Å²) in [5.74, 6) is 0.150. The van der Waals surface area contributed by atoms with Gasteiger partial charge in [-0.2, -0.15) is 0 Å². The Morgan fingerprint density at radius 2 is 1.93 bits per heavy atom. The van der Waals surface area contributed by atoms with Crippen molar-refractivity contribution in [1.82, 2.24) is 4.90 Å². The van der Waals surface area contributed by atoms with Gasteiger partial charge in [-0.05, 0) is 61.7 Å². The molecule has 2 aliphatic rings.